The minimum absolute atomic E-state index is 0.177. The fourth-order valence-corrected chi connectivity index (χ4v) is 1.75. The van der Waals surface area contributed by atoms with Crippen molar-refractivity contribution < 1.29 is 5.11 Å². The molecule has 0 aliphatic carbocycles. The third kappa shape index (κ3) is 4.60. The first-order chi connectivity index (χ1) is 6.33. The van der Waals surface area contributed by atoms with Crippen molar-refractivity contribution in [3.8, 4) is 0 Å². The van der Waals surface area contributed by atoms with Crippen molar-refractivity contribution in [2.45, 2.75) is 32.3 Å². The third-order valence-electron chi connectivity index (χ3n) is 2.53. The Balaban J connectivity index is 2.15. The van der Waals surface area contributed by atoms with E-state index in [4.69, 9.17) is 0 Å². The van der Waals surface area contributed by atoms with Crippen LogP contribution in [0.4, 0.5) is 0 Å². The molecule has 0 radical (unpaired) electrons. The van der Waals surface area contributed by atoms with E-state index in [0.717, 1.165) is 32.7 Å². The van der Waals surface area contributed by atoms with Gasteiger partial charge in [-0.05, 0) is 13.0 Å². The van der Waals surface area contributed by atoms with Gasteiger partial charge in [-0.25, -0.2) is 0 Å². The van der Waals surface area contributed by atoms with Crippen LogP contribution in [0.15, 0.2) is 0 Å². The van der Waals surface area contributed by atoms with Gasteiger partial charge in [0.15, 0.2) is 0 Å². The minimum Gasteiger partial charge on any atom is -0.390 e. The van der Waals surface area contributed by atoms with Crippen molar-refractivity contribution in [1.82, 2.24) is 10.2 Å². The molecule has 1 atom stereocenters. The number of unbranched alkanes of at least 4 members (excludes halogenated alkanes) is 2. The van der Waals surface area contributed by atoms with E-state index in [2.05, 4.69) is 17.1 Å². The lowest BCUT2D eigenvalue weighted by atomic mass is 10.2. The molecule has 0 amide bonds. The quantitative estimate of drug-likeness (QED) is 0.626. The maximum Gasteiger partial charge on any atom is 0.0791 e. The van der Waals surface area contributed by atoms with Crippen molar-refractivity contribution in [3.05, 3.63) is 0 Å². The zero-order valence-corrected chi connectivity index (χ0v) is 8.63. The predicted octanol–water partition coefficient (Wildman–Crippen LogP) is 0.443. The largest absolute Gasteiger partial charge is 0.390 e. The number of aliphatic hydroxyl groups is 1. The van der Waals surface area contributed by atoms with Gasteiger partial charge in [-0.3, -0.25) is 4.90 Å². The van der Waals surface area contributed by atoms with Crippen LogP contribution in [-0.2, 0) is 0 Å². The molecule has 0 aromatic rings. The number of hydrogen-bond donors (Lipinski definition) is 2. The van der Waals surface area contributed by atoms with Gasteiger partial charge in [0.05, 0.1) is 6.10 Å². The van der Waals surface area contributed by atoms with Gasteiger partial charge in [-0.1, -0.05) is 19.8 Å². The summed E-state index contributed by atoms with van der Waals surface area (Å²) in [4.78, 5) is 2.36. The maximum atomic E-state index is 9.51. The van der Waals surface area contributed by atoms with E-state index < -0.39 is 0 Å². The van der Waals surface area contributed by atoms with Crippen LogP contribution in [0.1, 0.15) is 26.2 Å². The van der Waals surface area contributed by atoms with Crippen molar-refractivity contribution >= 4 is 0 Å². The van der Waals surface area contributed by atoms with Crippen LogP contribution in [0.25, 0.3) is 0 Å². The number of β-amino-alcohol motifs (C(OH)–C–C–N with tert-alkyl or cyclic N) is 1. The standard InChI is InChI=1S/C10H22N2O/c1-2-3-4-6-12-7-5-11-8-10(13)9-12/h10-11,13H,2-9H2,1H3. The maximum absolute atomic E-state index is 9.51. The fraction of sp³-hybridized carbons (Fsp3) is 1.00. The molecule has 1 aliphatic rings. The van der Waals surface area contributed by atoms with Crippen LogP contribution in [0.5, 0.6) is 0 Å². The zero-order valence-electron chi connectivity index (χ0n) is 8.63. The van der Waals surface area contributed by atoms with Gasteiger partial charge in [0.2, 0.25) is 0 Å². The second-order valence-electron chi connectivity index (χ2n) is 3.87. The van der Waals surface area contributed by atoms with Crippen molar-refractivity contribution in [1.29, 1.82) is 0 Å². The molecule has 1 unspecified atom stereocenters. The summed E-state index contributed by atoms with van der Waals surface area (Å²) < 4.78 is 0. The van der Waals surface area contributed by atoms with E-state index in [1.54, 1.807) is 0 Å². The molecule has 1 fully saturated rings. The van der Waals surface area contributed by atoms with Gasteiger partial charge >= 0.3 is 0 Å². The first-order valence-corrected chi connectivity index (χ1v) is 5.44. The number of nitrogens with one attached hydrogen (secondary N) is 1. The topological polar surface area (TPSA) is 35.5 Å². The smallest absolute Gasteiger partial charge is 0.0791 e. The van der Waals surface area contributed by atoms with Crippen molar-refractivity contribution in [2.75, 3.05) is 32.7 Å². The molecule has 1 saturated heterocycles. The van der Waals surface area contributed by atoms with Gasteiger partial charge in [-0.2, -0.15) is 0 Å². The summed E-state index contributed by atoms with van der Waals surface area (Å²) in [5.74, 6) is 0. The molecule has 0 aromatic heterocycles. The summed E-state index contributed by atoms with van der Waals surface area (Å²) in [7, 11) is 0. The van der Waals surface area contributed by atoms with Crippen LogP contribution in [0.3, 0.4) is 0 Å². The normalized spacial score (nSPS) is 25.8. The Morgan fingerprint density at radius 3 is 3.08 bits per heavy atom. The molecule has 78 valence electrons. The number of hydrogen-bond acceptors (Lipinski definition) is 3. The molecule has 1 rings (SSSR count). The summed E-state index contributed by atoms with van der Waals surface area (Å²) in [5, 5.41) is 12.7. The van der Waals surface area contributed by atoms with Gasteiger partial charge in [0.25, 0.3) is 0 Å². The lowest BCUT2D eigenvalue weighted by Crippen LogP contribution is -2.33. The molecule has 1 heterocycles. The highest BCUT2D eigenvalue weighted by Gasteiger charge is 2.14. The molecule has 3 nitrogen and oxygen atoms in total. The molecule has 1 aliphatic heterocycles. The predicted molar refractivity (Wildman–Crippen MR) is 54.8 cm³/mol. The summed E-state index contributed by atoms with van der Waals surface area (Å²) in [6.45, 7) is 7.07. The molecule has 0 spiro atoms. The van der Waals surface area contributed by atoms with Crippen LogP contribution in [0, 0.1) is 0 Å². The highest BCUT2D eigenvalue weighted by Crippen LogP contribution is 2.01. The molecule has 3 heteroatoms. The van der Waals surface area contributed by atoms with Crippen LogP contribution >= 0.6 is 0 Å². The molecular weight excluding hydrogens is 164 g/mol. The Morgan fingerprint density at radius 1 is 1.46 bits per heavy atom. The number of aliphatic hydroxyl groups excluding tert-OH is 1. The van der Waals surface area contributed by atoms with Gasteiger partial charge in [0.1, 0.15) is 0 Å². The second-order valence-corrected chi connectivity index (χ2v) is 3.87. The average molecular weight is 186 g/mol. The van der Waals surface area contributed by atoms with Crippen LogP contribution < -0.4 is 5.32 Å². The Bertz CT molecular complexity index is 130. The Morgan fingerprint density at radius 2 is 2.31 bits per heavy atom. The Labute approximate surface area is 81.1 Å². The van der Waals surface area contributed by atoms with Crippen LogP contribution in [-0.4, -0.2) is 48.8 Å². The summed E-state index contributed by atoms with van der Waals surface area (Å²) >= 11 is 0. The second kappa shape index (κ2) is 6.35. The van der Waals surface area contributed by atoms with E-state index in [0.29, 0.717) is 0 Å². The summed E-state index contributed by atoms with van der Waals surface area (Å²) in [5.41, 5.74) is 0. The third-order valence-corrected chi connectivity index (χ3v) is 2.53. The lowest BCUT2D eigenvalue weighted by molar-refractivity contribution is 0.129. The van der Waals surface area contributed by atoms with Gasteiger partial charge < -0.3 is 10.4 Å². The van der Waals surface area contributed by atoms with Gasteiger partial charge in [0, 0.05) is 26.2 Å². The highest BCUT2D eigenvalue weighted by molar-refractivity contribution is 4.72. The number of nitrogens with zero attached hydrogens (tertiary/aromatic N) is 1. The molecule has 0 saturated carbocycles. The zero-order chi connectivity index (χ0) is 9.52. The number of rotatable bonds is 4. The minimum atomic E-state index is -0.177. The lowest BCUT2D eigenvalue weighted by Gasteiger charge is -2.20. The molecule has 13 heavy (non-hydrogen) atoms. The van der Waals surface area contributed by atoms with E-state index in [1.165, 1.54) is 19.3 Å². The molecule has 0 bridgehead atoms. The summed E-state index contributed by atoms with van der Waals surface area (Å²) in [6, 6.07) is 0. The Hall–Kier alpha value is -0.120. The van der Waals surface area contributed by atoms with E-state index in [1.807, 2.05) is 0 Å². The van der Waals surface area contributed by atoms with Crippen molar-refractivity contribution in [2.24, 2.45) is 0 Å². The fourth-order valence-electron chi connectivity index (χ4n) is 1.75. The van der Waals surface area contributed by atoms with E-state index in [9.17, 15) is 5.11 Å². The first-order valence-electron chi connectivity index (χ1n) is 5.44. The van der Waals surface area contributed by atoms with E-state index in [-0.39, 0.29) is 6.10 Å². The summed E-state index contributed by atoms with van der Waals surface area (Å²) in [6.07, 6.45) is 3.67. The molecular formula is C10H22N2O. The first kappa shape index (κ1) is 11.0. The van der Waals surface area contributed by atoms with Crippen LogP contribution in [0.2, 0.25) is 0 Å². The SMILES string of the molecule is CCCCCN1CCNCC(O)C1. The monoisotopic (exact) mass is 186 g/mol. The highest BCUT2D eigenvalue weighted by atomic mass is 16.3. The van der Waals surface area contributed by atoms with E-state index >= 15 is 0 Å². The molecule has 0 aromatic carbocycles. The van der Waals surface area contributed by atoms with Gasteiger partial charge in [-0.15, -0.1) is 0 Å². The molecule has 2 N–H and O–H groups in total. The Kier molecular flexibility index (Phi) is 5.35. The average Bonchev–Trinajstić information content (AvgIpc) is 2.31. The van der Waals surface area contributed by atoms with Crippen molar-refractivity contribution in [3.63, 3.8) is 0 Å².